The van der Waals surface area contributed by atoms with Gasteiger partial charge in [-0.05, 0) is 59.7 Å². The smallest absolute Gasteiger partial charge is 0.159 e. The minimum Gasteiger partial charge on any atom is -0.456 e. The van der Waals surface area contributed by atoms with Gasteiger partial charge in [0, 0.05) is 50.7 Å². The first-order valence-electron chi connectivity index (χ1n) is 19.6. The summed E-state index contributed by atoms with van der Waals surface area (Å²) in [7, 11) is 2.06. The van der Waals surface area contributed by atoms with Gasteiger partial charge in [-0.3, -0.25) is 0 Å². The van der Waals surface area contributed by atoms with Gasteiger partial charge in [0.15, 0.2) is 5.84 Å². The van der Waals surface area contributed by atoms with Gasteiger partial charge in [0.25, 0.3) is 0 Å². The predicted octanol–water partition coefficient (Wildman–Crippen LogP) is 13.1. The molecule has 1 unspecified atom stereocenters. The summed E-state index contributed by atoms with van der Waals surface area (Å²) in [6.45, 7) is 0. The van der Waals surface area contributed by atoms with Crippen LogP contribution in [0.1, 0.15) is 22.9 Å². The van der Waals surface area contributed by atoms with E-state index in [0.717, 1.165) is 83.2 Å². The first kappa shape index (κ1) is 32.5. The third kappa shape index (κ3) is 4.91. The number of nitrogens with zero attached hydrogens (tertiary/aromatic N) is 4. The molecule has 0 saturated heterocycles. The average Bonchev–Trinajstić information content (AvgIpc) is 3.96. The van der Waals surface area contributed by atoms with Crippen LogP contribution >= 0.6 is 0 Å². The topological polar surface area (TPSA) is 59.2 Å². The van der Waals surface area contributed by atoms with Crippen LogP contribution in [0.3, 0.4) is 0 Å². The maximum Gasteiger partial charge on any atom is 0.159 e. The maximum absolute atomic E-state index is 6.79. The molecule has 0 fully saturated rings. The number of hydrogen-bond donors (Lipinski definition) is 0. The van der Waals surface area contributed by atoms with Gasteiger partial charge < -0.3 is 18.3 Å². The molecule has 0 aliphatic carbocycles. The molecule has 1 aliphatic heterocycles. The van der Waals surface area contributed by atoms with E-state index in [4.69, 9.17) is 18.8 Å². The first-order chi connectivity index (χ1) is 28.7. The highest BCUT2D eigenvalue weighted by atomic mass is 16.3. The number of fused-ring (bicyclic) bond motifs is 9. The number of furan rings is 2. The normalized spacial score (nSPS) is 14.6. The number of para-hydroxylation sites is 3. The van der Waals surface area contributed by atoms with Crippen LogP contribution in [-0.2, 0) is 0 Å². The van der Waals surface area contributed by atoms with E-state index in [1.54, 1.807) is 0 Å². The van der Waals surface area contributed by atoms with Crippen LogP contribution in [0.25, 0.3) is 82.5 Å². The lowest BCUT2D eigenvalue weighted by Crippen LogP contribution is -2.35. The van der Waals surface area contributed by atoms with Gasteiger partial charge >= 0.3 is 0 Å². The van der Waals surface area contributed by atoms with Crippen LogP contribution in [0.5, 0.6) is 0 Å². The molecule has 58 heavy (non-hydrogen) atoms. The fraction of sp³-hybridized carbons (Fsp3) is 0.0385. The van der Waals surface area contributed by atoms with E-state index in [2.05, 4.69) is 174 Å². The first-order valence-corrected chi connectivity index (χ1v) is 19.6. The van der Waals surface area contributed by atoms with Crippen LogP contribution in [0.15, 0.2) is 201 Å². The predicted molar refractivity (Wildman–Crippen MR) is 237 cm³/mol. The molecule has 6 heteroatoms. The summed E-state index contributed by atoms with van der Waals surface area (Å²) in [6, 6.07) is 63.5. The van der Waals surface area contributed by atoms with Gasteiger partial charge in [-0.25, -0.2) is 9.98 Å². The zero-order valence-electron chi connectivity index (χ0n) is 31.5. The molecule has 274 valence electrons. The molecule has 0 bridgehead atoms. The van der Waals surface area contributed by atoms with Gasteiger partial charge in [0.05, 0.1) is 22.1 Å². The van der Waals surface area contributed by atoms with Crippen molar-refractivity contribution >= 4 is 77.4 Å². The molecule has 0 spiro atoms. The van der Waals surface area contributed by atoms with Gasteiger partial charge in [0.2, 0.25) is 0 Å². The van der Waals surface area contributed by atoms with E-state index in [-0.39, 0.29) is 6.17 Å². The Hall–Kier alpha value is -7.70. The molecule has 3 aromatic heterocycles. The number of hydrogen-bond acceptors (Lipinski definition) is 5. The lowest BCUT2D eigenvalue weighted by Gasteiger charge is -2.32. The van der Waals surface area contributed by atoms with Crippen molar-refractivity contribution in [2.24, 2.45) is 9.98 Å². The molecule has 6 nitrogen and oxygen atoms in total. The Kier molecular flexibility index (Phi) is 7.10. The lowest BCUT2D eigenvalue weighted by molar-refractivity contribution is 0.383. The monoisotopic (exact) mass is 746 g/mol. The Morgan fingerprint density at radius 1 is 0.483 bits per heavy atom. The highest BCUT2D eigenvalue weighted by Gasteiger charge is 2.27. The molecule has 0 saturated carbocycles. The second-order valence-electron chi connectivity index (χ2n) is 15.0. The van der Waals surface area contributed by atoms with Crippen molar-refractivity contribution in [1.82, 2.24) is 9.47 Å². The largest absolute Gasteiger partial charge is 0.456 e. The molecule has 1 atom stereocenters. The van der Waals surface area contributed by atoms with Crippen molar-refractivity contribution in [2.75, 3.05) is 7.05 Å². The standard InChI is InChI=1S/C52H34N4O2/c1-55-51(32-14-4-2-5-15-32)53-50(54-52(55)33-16-6-3-7-17-33)35-27-28-39-40-21-12-20-36(49(40)58-46(39)31-35)34-26-29-41-47(30-34)57-45-25-13-24-44(48(41)45)56-42-22-10-8-18-37(42)38-19-9-11-23-43(38)56/h2-31,51H,1H3. The van der Waals surface area contributed by atoms with Crippen molar-refractivity contribution < 1.29 is 8.83 Å². The second-order valence-corrected chi connectivity index (χ2v) is 15.0. The number of aromatic nitrogens is 1. The Balaban J connectivity index is 0.976. The van der Waals surface area contributed by atoms with Crippen molar-refractivity contribution in [3.05, 3.63) is 199 Å². The van der Waals surface area contributed by atoms with Crippen molar-refractivity contribution in [3.63, 3.8) is 0 Å². The summed E-state index contributed by atoms with van der Waals surface area (Å²) in [5.74, 6) is 1.54. The van der Waals surface area contributed by atoms with Gasteiger partial charge in [-0.15, -0.1) is 0 Å². The number of amidine groups is 2. The third-order valence-corrected chi connectivity index (χ3v) is 11.7. The highest BCUT2D eigenvalue weighted by molar-refractivity contribution is 6.17. The zero-order valence-corrected chi connectivity index (χ0v) is 31.5. The summed E-state index contributed by atoms with van der Waals surface area (Å²) in [5.41, 5.74) is 11.8. The van der Waals surface area contributed by atoms with E-state index in [9.17, 15) is 0 Å². The summed E-state index contributed by atoms with van der Waals surface area (Å²) < 4.78 is 15.8. The Morgan fingerprint density at radius 2 is 1.12 bits per heavy atom. The highest BCUT2D eigenvalue weighted by Crippen LogP contribution is 2.42. The Labute approximate surface area is 333 Å². The van der Waals surface area contributed by atoms with E-state index >= 15 is 0 Å². The lowest BCUT2D eigenvalue weighted by atomic mass is 10.0. The molecule has 0 amide bonds. The number of benzene rings is 8. The quantitative estimate of drug-likeness (QED) is 0.176. The zero-order chi connectivity index (χ0) is 38.3. The second kappa shape index (κ2) is 12.7. The minimum atomic E-state index is -0.229. The number of aliphatic imine (C=N–C) groups is 2. The molecule has 11 aromatic rings. The van der Waals surface area contributed by atoms with Crippen LogP contribution in [-0.4, -0.2) is 28.2 Å². The molecule has 12 rings (SSSR count). The maximum atomic E-state index is 6.79. The molecule has 0 N–H and O–H groups in total. The van der Waals surface area contributed by atoms with Crippen LogP contribution in [0, 0.1) is 0 Å². The minimum absolute atomic E-state index is 0.229. The fourth-order valence-corrected chi connectivity index (χ4v) is 8.95. The molecule has 0 radical (unpaired) electrons. The van der Waals surface area contributed by atoms with Crippen LogP contribution in [0.2, 0.25) is 0 Å². The SMILES string of the molecule is CN1C(c2ccccc2)=NC(c2ccc3c(c2)oc2c(-c4ccc5c(c4)oc4cccc(-n6c7ccccc7c7ccccc76)c45)cccc23)=NC1c1ccccc1. The summed E-state index contributed by atoms with van der Waals surface area (Å²) in [6.07, 6.45) is -0.229. The molecule has 4 heterocycles. The Bertz CT molecular complexity index is 3430. The average molecular weight is 747 g/mol. The molecule has 8 aromatic carbocycles. The number of rotatable bonds is 5. The van der Waals surface area contributed by atoms with E-state index < -0.39 is 0 Å². The third-order valence-electron chi connectivity index (χ3n) is 11.7. The summed E-state index contributed by atoms with van der Waals surface area (Å²) >= 11 is 0. The molecular formula is C52H34N4O2. The Morgan fingerprint density at radius 3 is 1.91 bits per heavy atom. The van der Waals surface area contributed by atoms with Gasteiger partial charge in [-0.2, -0.15) is 0 Å². The van der Waals surface area contributed by atoms with Gasteiger partial charge in [-0.1, -0.05) is 133 Å². The van der Waals surface area contributed by atoms with E-state index in [0.29, 0.717) is 5.84 Å². The summed E-state index contributed by atoms with van der Waals surface area (Å²) in [4.78, 5) is 12.5. The molecule has 1 aliphatic rings. The van der Waals surface area contributed by atoms with Crippen LogP contribution in [0.4, 0.5) is 0 Å². The van der Waals surface area contributed by atoms with Gasteiger partial charge in [0.1, 0.15) is 34.3 Å². The van der Waals surface area contributed by atoms with Crippen molar-refractivity contribution in [3.8, 4) is 16.8 Å². The summed E-state index contributed by atoms with van der Waals surface area (Å²) in [5, 5.41) is 6.73. The van der Waals surface area contributed by atoms with Crippen molar-refractivity contribution in [2.45, 2.75) is 6.17 Å². The molecular weight excluding hydrogens is 713 g/mol. The van der Waals surface area contributed by atoms with E-state index in [1.165, 1.54) is 21.8 Å². The van der Waals surface area contributed by atoms with E-state index in [1.807, 2.05) is 24.3 Å². The fourth-order valence-electron chi connectivity index (χ4n) is 8.95. The van der Waals surface area contributed by atoms with Crippen molar-refractivity contribution in [1.29, 1.82) is 0 Å². The van der Waals surface area contributed by atoms with Crippen LogP contribution < -0.4 is 0 Å².